The van der Waals surface area contributed by atoms with Crippen LogP contribution in [0.4, 0.5) is 0 Å². The van der Waals surface area contributed by atoms with Gasteiger partial charge < -0.3 is 9.84 Å². The average Bonchev–Trinajstić information content (AvgIpc) is 2.19. The van der Waals surface area contributed by atoms with Crippen molar-refractivity contribution in [2.45, 2.75) is 51.2 Å². The van der Waals surface area contributed by atoms with E-state index in [0.717, 1.165) is 12.8 Å². The van der Waals surface area contributed by atoms with E-state index in [1.54, 1.807) is 0 Å². The molecule has 2 heteroatoms. The fourth-order valence-corrected chi connectivity index (χ4v) is 2.76. The smallest absolute Gasteiger partial charge is 0.0737 e. The maximum Gasteiger partial charge on any atom is 0.0737 e. The number of aliphatic hydroxyl groups is 1. The zero-order valence-electron chi connectivity index (χ0n) is 11.0. The normalized spacial score (nSPS) is 28.0. The molecule has 1 aromatic carbocycles. The first-order valence-electron chi connectivity index (χ1n) is 6.31. The Labute approximate surface area is 104 Å². The van der Waals surface area contributed by atoms with Crippen molar-refractivity contribution >= 4 is 0 Å². The maximum atomic E-state index is 10.7. The van der Waals surface area contributed by atoms with Gasteiger partial charge in [-0.1, -0.05) is 24.3 Å². The van der Waals surface area contributed by atoms with Crippen LogP contribution in [0.1, 0.15) is 37.8 Å². The summed E-state index contributed by atoms with van der Waals surface area (Å²) in [4.78, 5) is 0. The Hall–Kier alpha value is -0.860. The summed E-state index contributed by atoms with van der Waals surface area (Å²) in [6.07, 6.45) is 2.16. The Morgan fingerprint density at radius 2 is 2.00 bits per heavy atom. The van der Waals surface area contributed by atoms with E-state index in [4.69, 9.17) is 4.74 Å². The molecule has 0 saturated carbocycles. The van der Waals surface area contributed by atoms with Gasteiger partial charge in [-0.2, -0.15) is 0 Å². The van der Waals surface area contributed by atoms with Gasteiger partial charge in [0.05, 0.1) is 17.8 Å². The first-order chi connectivity index (χ1) is 7.90. The van der Waals surface area contributed by atoms with E-state index < -0.39 is 5.60 Å². The molecule has 1 aromatic rings. The molecule has 1 unspecified atom stereocenters. The number of rotatable bonds is 2. The summed E-state index contributed by atoms with van der Waals surface area (Å²) in [6.45, 7) is 6.85. The third kappa shape index (κ3) is 3.08. The minimum Gasteiger partial charge on any atom is -0.389 e. The van der Waals surface area contributed by atoms with Crippen molar-refractivity contribution in [3.63, 3.8) is 0 Å². The Morgan fingerprint density at radius 1 is 1.29 bits per heavy atom. The summed E-state index contributed by atoms with van der Waals surface area (Å²) < 4.78 is 5.67. The molecule has 2 rings (SSSR count). The minimum atomic E-state index is -0.617. The number of ether oxygens (including phenoxy) is 1. The number of hydrogen-bond acceptors (Lipinski definition) is 2. The van der Waals surface area contributed by atoms with Crippen LogP contribution in [0.3, 0.4) is 0 Å². The molecule has 0 bridgehead atoms. The van der Waals surface area contributed by atoms with E-state index in [1.807, 2.05) is 12.1 Å². The number of benzene rings is 1. The van der Waals surface area contributed by atoms with Crippen LogP contribution in [-0.4, -0.2) is 22.9 Å². The first-order valence-corrected chi connectivity index (χ1v) is 6.31. The molecule has 1 N–H and O–H groups in total. The van der Waals surface area contributed by atoms with Crippen molar-refractivity contribution in [2.24, 2.45) is 0 Å². The van der Waals surface area contributed by atoms with Crippen LogP contribution in [0.5, 0.6) is 0 Å². The third-order valence-electron chi connectivity index (χ3n) is 3.60. The fraction of sp³-hybridized carbons (Fsp3) is 0.600. The second kappa shape index (κ2) is 4.43. The third-order valence-corrected chi connectivity index (χ3v) is 3.60. The lowest BCUT2D eigenvalue weighted by atomic mass is 9.79. The van der Waals surface area contributed by atoms with Gasteiger partial charge in [0.1, 0.15) is 0 Å². The van der Waals surface area contributed by atoms with E-state index in [1.165, 1.54) is 11.1 Å². The van der Waals surface area contributed by atoms with Crippen LogP contribution in [-0.2, 0) is 11.2 Å². The van der Waals surface area contributed by atoms with Crippen molar-refractivity contribution < 1.29 is 9.84 Å². The molecule has 94 valence electrons. The SMILES string of the molecule is Cc1ccccc1CC1(O)CCOC(C)(C)C1. The van der Waals surface area contributed by atoms with E-state index in [9.17, 15) is 5.11 Å². The number of aryl methyl sites for hydroxylation is 1. The Bertz CT molecular complexity index is 398. The molecule has 1 aliphatic heterocycles. The van der Waals surface area contributed by atoms with Crippen molar-refractivity contribution in [3.8, 4) is 0 Å². The van der Waals surface area contributed by atoms with Gasteiger partial charge in [-0.3, -0.25) is 0 Å². The highest BCUT2D eigenvalue weighted by molar-refractivity contribution is 5.27. The zero-order valence-corrected chi connectivity index (χ0v) is 11.0. The lowest BCUT2D eigenvalue weighted by Gasteiger charge is -2.41. The van der Waals surface area contributed by atoms with Crippen LogP contribution in [0, 0.1) is 6.92 Å². The van der Waals surface area contributed by atoms with Crippen LogP contribution < -0.4 is 0 Å². The molecule has 1 atom stereocenters. The predicted octanol–water partition coefficient (Wildman–Crippen LogP) is 2.86. The second-order valence-electron chi connectivity index (χ2n) is 5.86. The minimum absolute atomic E-state index is 0.213. The first kappa shape index (κ1) is 12.6. The van der Waals surface area contributed by atoms with Crippen LogP contribution >= 0.6 is 0 Å². The van der Waals surface area contributed by atoms with Gasteiger partial charge in [0, 0.05) is 12.8 Å². The Kier molecular flexibility index (Phi) is 3.28. The van der Waals surface area contributed by atoms with Gasteiger partial charge in [0.15, 0.2) is 0 Å². The Balaban J connectivity index is 2.15. The van der Waals surface area contributed by atoms with Crippen molar-refractivity contribution in [2.75, 3.05) is 6.61 Å². The van der Waals surface area contributed by atoms with Gasteiger partial charge in [0.25, 0.3) is 0 Å². The monoisotopic (exact) mass is 234 g/mol. The predicted molar refractivity (Wildman–Crippen MR) is 69.1 cm³/mol. The van der Waals surface area contributed by atoms with E-state index in [0.29, 0.717) is 13.0 Å². The summed E-state index contributed by atoms with van der Waals surface area (Å²) in [6, 6.07) is 8.28. The second-order valence-corrected chi connectivity index (χ2v) is 5.86. The number of hydrogen-bond donors (Lipinski definition) is 1. The van der Waals surface area contributed by atoms with E-state index in [-0.39, 0.29) is 5.60 Å². The van der Waals surface area contributed by atoms with E-state index in [2.05, 4.69) is 32.9 Å². The summed E-state index contributed by atoms with van der Waals surface area (Å²) in [5.74, 6) is 0. The van der Waals surface area contributed by atoms with Crippen molar-refractivity contribution in [3.05, 3.63) is 35.4 Å². The van der Waals surface area contributed by atoms with Crippen LogP contribution in [0.25, 0.3) is 0 Å². The Morgan fingerprint density at radius 3 is 2.65 bits per heavy atom. The molecule has 0 spiro atoms. The molecule has 0 radical (unpaired) electrons. The molecule has 0 aliphatic carbocycles. The maximum absolute atomic E-state index is 10.7. The summed E-state index contributed by atoms with van der Waals surface area (Å²) in [5, 5.41) is 10.7. The fourth-order valence-electron chi connectivity index (χ4n) is 2.76. The lowest BCUT2D eigenvalue weighted by molar-refractivity contribution is -0.143. The molecule has 0 aromatic heterocycles. The summed E-state index contributed by atoms with van der Waals surface area (Å²) >= 11 is 0. The molecular weight excluding hydrogens is 212 g/mol. The van der Waals surface area contributed by atoms with Gasteiger partial charge in [0.2, 0.25) is 0 Å². The molecule has 1 heterocycles. The molecule has 1 saturated heterocycles. The zero-order chi connectivity index (χ0) is 12.5. The van der Waals surface area contributed by atoms with E-state index >= 15 is 0 Å². The highest BCUT2D eigenvalue weighted by Gasteiger charge is 2.39. The van der Waals surface area contributed by atoms with Crippen molar-refractivity contribution in [1.29, 1.82) is 0 Å². The van der Waals surface area contributed by atoms with Gasteiger partial charge in [-0.15, -0.1) is 0 Å². The van der Waals surface area contributed by atoms with Crippen molar-refractivity contribution in [1.82, 2.24) is 0 Å². The molecule has 2 nitrogen and oxygen atoms in total. The highest BCUT2D eigenvalue weighted by atomic mass is 16.5. The molecule has 1 fully saturated rings. The lowest BCUT2D eigenvalue weighted by Crippen LogP contribution is -2.47. The largest absolute Gasteiger partial charge is 0.389 e. The quantitative estimate of drug-likeness (QED) is 0.852. The molecule has 17 heavy (non-hydrogen) atoms. The van der Waals surface area contributed by atoms with Crippen LogP contribution in [0.2, 0.25) is 0 Å². The molecule has 0 amide bonds. The average molecular weight is 234 g/mol. The van der Waals surface area contributed by atoms with Crippen LogP contribution in [0.15, 0.2) is 24.3 Å². The highest BCUT2D eigenvalue weighted by Crippen LogP contribution is 2.34. The molecule has 1 aliphatic rings. The van der Waals surface area contributed by atoms with Gasteiger partial charge in [-0.05, 0) is 38.3 Å². The topological polar surface area (TPSA) is 29.5 Å². The molecular formula is C15H22O2. The van der Waals surface area contributed by atoms with Gasteiger partial charge >= 0.3 is 0 Å². The summed E-state index contributed by atoms with van der Waals surface area (Å²) in [7, 11) is 0. The standard InChI is InChI=1S/C15H22O2/c1-12-6-4-5-7-13(12)10-15(16)8-9-17-14(2,3)11-15/h4-7,16H,8-11H2,1-3H3. The summed E-state index contributed by atoms with van der Waals surface area (Å²) in [5.41, 5.74) is 1.67. The van der Waals surface area contributed by atoms with Gasteiger partial charge in [-0.25, -0.2) is 0 Å².